The summed E-state index contributed by atoms with van der Waals surface area (Å²) in [7, 11) is -3.22. The van der Waals surface area contributed by atoms with Gasteiger partial charge >= 0.3 is 5.97 Å². The molecule has 0 aromatic carbocycles. The Morgan fingerprint density at radius 1 is 1.11 bits per heavy atom. The Balaban J connectivity index is 1.59. The van der Waals surface area contributed by atoms with Crippen LogP contribution in [0.5, 0.6) is 0 Å². The summed E-state index contributed by atoms with van der Waals surface area (Å²) in [5.74, 6) is -1.90. The van der Waals surface area contributed by atoms with Gasteiger partial charge in [-0.15, -0.1) is 0 Å². The number of sulfonamides is 1. The van der Waals surface area contributed by atoms with Crippen molar-refractivity contribution < 1.29 is 42.9 Å². The number of nitrogens with one attached hydrogen (secondary N) is 3. The lowest BCUT2D eigenvalue weighted by Crippen LogP contribution is -2.49. The van der Waals surface area contributed by atoms with Crippen LogP contribution in [0, 0.1) is 0 Å². The van der Waals surface area contributed by atoms with Gasteiger partial charge in [0.1, 0.15) is 23.8 Å². The normalized spacial score (nSPS) is 20.6. The topological polar surface area (TPSA) is 290 Å². The highest BCUT2D eigenvalue weighted by Gasteiger charge is 2.49. The number of amides is 2. The van der Waals surface area contributed by atoms with E-state index in [-0.39, 0.29) is 67.4 Å². The molecule has 3 rings (SSSR count). The maximum Gasteiger partial charge on any atom is 0.320 e. The number of nitrogens with zero attached hydrogens (tertiary/aromatic N) is 5. The molecule has 0 bridgehead atoms. The summed E-state index contributed by atoms with van der Waals surface area (Å²) >= 11 is 0. The molecule has 0 unspecified atom stereocenters. The van der Waals surface area contributed by atoms with Gasteiger partial charge in [0.2, 0.25) is 21.9 Å². The molecule has 20 heteroatoms. The number of nitrogen functional groups attached to an aromatic ring is 1. The molecule has 0 aliphatic carbocycles. The fraction of sp³-hybridized carbons (Fsp3) is 0.692. The number of hydrogen-bond donors (Lipinski definition) is 8. The van der Waals surface area contributed by atoms with Crippen LogP contribution in [-0.2, 0) is 29.1 Å². The Hall–Kier alpha value is -3.69. The fourth-order valence-corrected chi connectivity index (χ4v) is 5.31. The van der Waals surface area contributed by atoms with E-state index in [2.05, 4.69) is 30.3 Å². The molecule has 0 radical (unpaired) electrons. The Morgan fingerprint density at radius 3 is 2.48 bits per heavy atom. The number of imidazole rings is 1. The first-order valence-electron chi connectivity index (χ1n) is 14.9. The molecule has 1 fully saturated rings. The van der Waals surface area contributed by atoms with Gasteiger partial charge in [-0.25, -0.2) is 18.1 Å². The zero-order chi connectivity index (χ0) is 34.2. The van der Waals surface area contributed by atoms with Crippen molar-refractivity contribution >= 4 is 50.7 Å². The van der Waals surface area contributed by atoms with Crippen LogP contribution in [0.15, 0.2) is 6.33 Å². The van der Waals surface area contributed by atoms with Gasteiger partial charge in [0.15, 0.2) is 23.8 Å². The van der Waals surface area contributed by atoms with Crippen molar-refractivity contribution in [2.45, 2.75) is 82.6 Å². The summed E-state index contributed by atoms with van der Waals surface area (Å²) in [6, 6.07) is -1.56. The van der Waals surface area contributed by atoms with Crippen LogP contribution < -0.4 is 26.8 Å². The van der Waals surface area contributed by atoms with Crippen molar-refractivity contribution in [3.63, 3.8) is 0 Å². The first kappa shape index (κ1) is 36.8. The SMILES string of the molecule is CC(C)N(CC[C@H](N)C(=O)O)C(=O)[C@H]1O[C@@H](n2cnc3c(N)nc(NCCNC(=O)CCCCCNS(C)(=O)=O)nc32)[C@H](O)[C@@H]1O. The highest BCUT2D eigenvalue weighted by atomic mass is 32.2. The molecular weight excluding hydrogens is 628 g/mol. The highest BCUT2D eigenvalue weighted by Crippen LogP contribution is 2.33. The van der Waals surface area contributed by atoms with Gasteiger partial charge < -0.3 is 47.1 Å². The molecular formula is C26H44N10O9S. The van der Waals surface area contributed by atoms with Crippen molar-refractivity contribution in [2.24, 2.45) is 5.73 Å². The second kappa shape index (κ2) is 16.2. The lowest BCUT2D eigenvalue weighted by molar-refractivity contribution is -0.151. The molecule has 1 saturated heterocycles. The van der Waals surface area contributed by atoms with Crippen LogP contribution in [0.1, 0.15) is 52.2 Å². The van der Waals surface area contributed by atoms with Crippen molar-refractivity contribution in [3.8, 4) is 0 Å². The maximum absolute atomic E-state index is 13.3. The zero-order valence-electron chi connectivity index (χ0n) is 26.0. The number of fused-ring (bicyclic) bond motifs is 1. The summed E-state index contributed by atoms with van der Waals surface area (Å²) in [6.45, 7) is 4.25. The van der Waals surface area contributed by atoms with E-state index in [9.17, 15) is 33.0 Å². The molecule has 2 aromatic heterocycles. The van der Waals surface area contributed by atoms with E-state index >= 15 is 0 Å². The van der Waals surface area contributed by atoms with Crippen LogP contribution >= 0.6 is 0 Å². The minimum atomic E-state index is -3.22. The number of hydrogen-bond acceptors (Lipinski definition) is 14. The van der Waals surface area contributed by atoms with E-state index in [0.29, 0.717) is 25.8 Å². The molecule has 5 atom stereocenters. The summed E-state index contributed by atoms with van der Waals surface area (Å²) in [5.41, 5.74) is 12.0. The van der Waals surface area contributed by atoms with Gasteiger partial charge in [0.25, 0.3) is 5.91 Å². The summed E-state index contributed by atoms with van der Waals surface area (Å²) < 4.78 is 31.7. The van der Waals surface area contributed by atoms with Crippen LogP contribution in [-0.4, -0.2) is 129 Å². The molecule has 1 aliphatic rings. The Bertz CT molecular complexity index is 1470. The Labute approximate surface area is 266 Å². The molecule has 10 N–H and O–H groups in total. The lowest BCUT2D eigenvalue weighted by Gasteiger charge is -2.30. The van der Waals surface area contributed by atoms with Crippen molar-refractivity contribution in [1.29, 1.82) is 0 Å². The number of carbonyl (C=O) groups excluding carboxylic acids is 2. The van der Waals surface area contributed by atoms with Gasteiger partial charge in [-0.05, 0) is 33.1 Å². The van der Waals surface area contributed by atoms with Crippen molar-refractivity contribution in [1.82, 2.24) is 34.5 Å². The van der Waals surface area contributed by atoms with Crippen LogP contribution in [0.2, 0.25) is 0 Å². The van der Waals surface area contributed by atoms with E-state index in [1.165, 1.54) is 15.8 Å². The van der Waals surface area contributed by atoms with E-state index in [0.717, 1.165) is 6.26 Å². The van der Waals surface area contributed by atoms with Gasteiger partial charge in [-0.1, -0.05) is 6.42 Å². The first-order chi connectivity index (χ1) is 21.6. The maximum atomic E-state index is 13.3. The third-order valence-electron chi connectivity index (χ3n) is 7.28. The number of rotatable bonds is 18. The van der Waals surface area contributed by atoms with Crippen molar-refractivity contribution in [3.05, 3.63) is 6.33 Å². The Kier molecular flexibility index (Phi) is 13.0. The number of aliphatic hydroxyl groups excluding tert-OH is 2. The monoisotopic (exact) mass is 672 g/mol. The molecule has 1 aliphatic heterocycles. The van der Waals surface area contributed by atoms with Gasteiger partial charge in [-0.3, -0.25) is 19.0 Å². The third kappa shape index (κ3) is 9.90. The molecule has 0 saturated carbocycles. The molecule has 258 valence electrons. The third-order valence-corrected chi connectivity index (χ3v) is 8.01. The van der Waals surface area contributed by atoms with E-state index in [1.54, 1.807) is 13.8 Å². The lowest BCUT2D eigenvalue weighted by atomic mass is 10.1. The number of aromatic nitrogens is 4. The summed E-state index contributed by atoms with van der Waals surface area (Å²) in [4.78, 5) is 50.7. The minimum absolute atomic E-state index is 0.00439. The van der Waals surface area contributed by atoms with E-state index in [4.69, 9.17) is 21.3 Å². The number of carbonyl (C=O) groups is 3. The number of aliphatic carboxylic acids is 1. The summed E-state index contributed by atoms with van der Waals surface area (Å²) in [6.07, 6.45) is -1.34. The largest absolute Gasteiger partial charge is 0.480 e. The number of aliphatic hydroxyl groups is 2. The standard InChI is InChI=1S/C26H44N10O9S/c1-14(2)35(12-8-15(27)25(41)42)23(40)20-18(38)19(39)24(45-20)36-13-31-17-21(28)33-26(34-22(17)36)30-11-10-29-16(37)7-5-4-6-9-32-46(3,43)44/h13-15,18-20,24,32,38-39H,4-12,27H2,1-3H3,(H,29,37)(H,41,42)(H3,28,30,33,34)/t15-,18-,19+,20-,24+/m0/s1. The predicted octanol–water partition coefficient (Wildman–Crippen LogP) is -2.30. The van der Waals surface area contributed by atoms with Gasteiger partial charge in [-0.2, -0.15) is 9.97 Å². The average molecular weight is 673 g/mol. The van der Waals surface area contributed by atoms with E-state index < -0.39 is 52.5 Å². The second-order valence-electron chi connectivity index (χ2n) is 11.3. The number of unbranched alkanes of at least 4 members (excludes halogenated alkanes) is 2. The average Bonchev–Trinajstić information content (AvgIpc) is 3.52. The number of carboxylic acids is 1. The second-order valence-corrected chi connectivity index (χ2v) is 13.1. The zero-order valence-corrected chi connectivity index (χ0v) is 26.8. The summed E-state index contributed by atoms with van der Waals surface area (Å²) in [5, 5.41) is 36.5. The van der Waals surface area contributed by atoms with Gasteiger partial charge in [0.05, 0.1) is 12.6 Å². The minimum Gasteiger partial charge on any atom is -0.480 e. The van der Waals surface area contributed by atoms with Crippen molar-refractivity contribution in [2.75, 3.05) is 43.5 Å². The highest BCUT2D eigenvalue weighted by molar-refractivity contribution is 7.88. The van der Waals surface area contributed by atoms with Gasteiger partial charge in [0, 0.05) is 38.6 Å². The first-order valence-corrected chi connectivity index (χ1v) is 16.8. The van der Waals surface area contributed by atoms with E-state index in [1.807, 2.05) is 0 Å². The molecule has 46 heavy (non-hydrogen) atoms. The Morgan fingerprint density at radius 2 is 1.83 bits per heavy atom. The van der Waals surface area contributed by atoms with Crippen LogP contribution in [0.3, 0.4) is 0 Å². The number of nitrogens with two attached hydrogens (primary N) is 2. The fourth-order valence-electron chi connectivity index (χ4n) is 4.79. The molecule has 3 heterocycles. The predicted molar refractivity (Wildman–Crippen MR) is 166 cm³/mol. The van der Waals surface area contributed by atoms with Crippen LogP contribution in [0.25, 0.3) is 11.2 Å². The molecule has 2 amide bonds. The van der Waals surface area contributed by atoms with Crippen LogP contribution in [0.4, 0.5) is 11.8 Å². The number of ether oxygens (including phenoxy) is 1. The number of carboxylic acid groups (broad SMARTS) is 1. The molecule has 0 spiro atoms. The number of anilines is 2. The molecule has 2 aromatic rings. The smallest absolute Gasteiger partial charge is 0.320 e. The quantitative estimate of drug-likeness (QED) is 0.0773. The molecule has 19 nitrogen and oxygen atoms in total.